The monoisotopic (exact) mass is 275 g/mol. The lowest BCUT2D eigenvalue weighted by atomic mass is 9.77. The predicted octanol–water partition coefficient (Wildman–Crippen LogP) is 4.75. The number of rotatable bonds is 6. The van der Waals surface area contributed by atoms with E-state index in [0.717, 1.165) is 25.4 Å². The predicted molar refractivity (Wildman–Crippen MR) is 90.3 cm³/mol. The second kappa shape index (κ2) is 7.26. The van der Waals surface area contributed by atoms with E-state index in [-0.39, 0.29) is 0 Å². The molecule has 0 heterocycles. The first-order chi connectivity index (χ1) is 9.18. The zero-order valence-electron chi connectivity index (χ0n) is 14.5. The van der Waals surface area contributed by atoms with E-state index in [1.165, 1.54) is 16.7 Å². The fourth-order valence-corrected chi connectivity index (χ4v) is 2.70. The lowest BCUT2D eigenvalue weighted by molar-refractivity contribution is 0.228. The molecule has 0 bridgehead atoms. The van der Waals surface area contributed by atoms with Crippen LogP contribution in [0.1, 0.15) is 51.3 Å². The topological polar surface area (TPSA) is 12.0 Å². The molecule has 1 aromatic rings. The molecular formula is C19H33N. The fraction of sp³-hybridized carbons (Fsp3) is 0.684. The molecule has 0 saturated carbocycles. The Bertz CT molecular complexity index is 392. The number of hydrogen-bond donors (Lipinski definition) is 1. The van der Waals surface area contributed by atoms with Gasteiger partial charge in [0.05, 0.1) is 0 Å². The fourth-order valence-electron chi connectivity index (χ4n) is 2.70. The highest BCUT2D eigenvalue weighted by atomic mass is 14.9. The minimum atomic E-state index is 0.335. The molecule has 0 aliphatic heterocycles. The third-order valence-corrected chi connectivity index (χ3v) is 3.93. The summed E-state index contributed by atoms with van der Waals surface area (Å²) in [4.78, 5) is 0. The van der Waals surface area contributed by atoms with E-state index in [1.807, 2.05) is 0 Å². The quantitative estimate of drug-likeness (QED) is 0.789. The SMILES string of the molecule is Cc1cc(C)cc(CC(CNCC(C)C)C(C)(C)C)c1. The van der Waals surface area contributed by atoms with E-state index >= 15 is 0 Å². The maximum absolute atomic E-state index is 3.64. The largest absolute Gasteiger partial charge is 0.316 e. The molecule has 0 amide bonds. The van der Waals surface area contributed by atoms with Gasteiger partial charge in [0.1, 0.15) is 0 Å². The van der Waals surface area contributed by atoms with Crippen molar-refractivity contribution < 1.29 is 0 Å². The molecule has 0 aliphatic carbocycles. The van der Waals surface area contributed by atoms with E-state index in [1.54, 1.807) is 0 Å². The Morgan fingerprint density at radius 2 is 1.50 bits per heavy atom. The first-order valence-corrected chi connectivity index (χ1v) is 7.96. The van der Waals surface area contributed by atoms with Crippen molar-refractivity contribution in [3.8, 4) is 0 Å². The summed E-state index contributed by atoms with van der Waals surface area (Å²) in [7, 11) is 0. The highest BCUT2D eigenvalue weighted by molar-refractivity contribution is 5.29. The highest BCUT2D eigenvalue weighted by Crippen LogP contribution is 2.29. The third kappa shape index (κ3) is 6.09. The van der Waals surface area contributed by atoms with Gasteiger partial charge in [-0.1, -0.05) is 63.9 Å². The molecule has 114 valence electrons. The van der Waals surface area contributed by atoms with Crippen molar-refractivity contribution in [2.24, 2.45) is 17.3 Å². The Kier molecular flexibility index (Phi) is 6.26. The number of hydrogen-bond acceptors (Lipinski definition) is 1. The van der Waals surface area contributed by atoms with Crippen LogP contribution in [-0.4, -0.2) is 13.1 Å². The van der Waals surface area contributed by atoms with Gasteiger partial charge in [-0.15, -0.1) is 0 Å². The van der Waals surface area contributed by atoms with Gasteiger partial charge in [0.2, 0.25) is 0 Å². The molecule has 1 atom stereocenters. The molecule has 1 heteroatoms. The molecule has 1 N–H and O–H groups in total. The lowest BCUT2D eigenvalue weighted by Gasteiger charge is -2.31. The average Bonchev–Trinajstić information content (AvgIpc) is 2.24. The van der Waals surface area contributed by atoms with Gasteiger partial charge in [-0.2, -0.15) is 0 Å². The number of benzene rings is 1. The van der Waals surface area contributed by atoms with Crippen LogP contribution in [0.15, 0.2) is 18.2 Å². The van der Waals surface area contributed by atoms with Crippen molar-refractivity contribution in [1.29, 1.82) is 0 Å². The molecule has 0 fully saturated rings. The van der Waals surface area contributed by atoms with Crippen LogP contribution in [0.25, 0.3) is 0 Å². The van der Waals surface area contributed by atoms with Crippen LogP contribution >= 0.6 is 0 Å². The van der Waals surface area contributed by atoms with Gasteiger partial charge in [0.15, 0.2) is 0 Å². The third-order valence-electron chi connectivity index (χ3n) is 3.93. The van der Waals surface area contributed by atoms with Crippen LogP contribution in [-0.2, 0) is 6.42 Å². The summed E-state index contributed by atoms with van der Waals surface area (Å²) in [5.74, 6) is 1.39. The zero-order chi connectivity index (χ0) is 15.3. The van der Waals surface area contributed by atoms with Crippen molar-refractivity contribution in [2.45, 2.75) is 54.9 Å². The maximum atomic E-state index is 3.64. The van der Waals surface area contributed by atoms with E-state index in [0.29, 0.717) is 11.3 Å². The molecule has 0 aromatic heterocycles. The van der Waals surface area contributed by atoms with Crippen LogP contribution in [0.4, 0.5) is 0 Å². The molecule has 0 spiro atoms. The van der Waals surface area contributed by atoms with Gasteiger partial charge >= 0.3 is 0 Å². The summed E-state index contributed by atoms with van der Waals surface area (Å²) in [5.41, 5.74) is 4.57. The van der Waals surface area contributed by atoms with E-state index in [2.05, 4.69) is 72.0 Å². The summed E-state index contributed by atoms with van der Waals surface area (Å²) in [6.07, 6.45) is 1.16. The second-order valence-electron chi connectivity index (χ2n) is 7.82. The smallest absolute Gasteiger partial charge is 0.00122 e. The highest BCUT2D eigenvalue weighted by Gasteiger charge is 2.24. The van der Waals surface area contributed by atoms with Crippen LogP contribution in [0.2, 0.25) is 0 Å². The lowest BCUT2D eigenvalue weighted by Crippen LogP contribution is -2.35. The normalized spacial score (nSPS) is 13.8. The Morgan fingerprint density at radius 3 is 1.95 bits per heavy atom. The van der Waals surface area contributed by atoms with Gasteiger partial charge in [0, 0.05) is 0 Å². The van der Waals surface area contributed by atoms with E-state index in [4.69, 9.17) is 0 Å². The number of nitrogens with one attached hydrogen (secondary N) is 1. The van der Waals surface area contributed by atoms with Gasteiger partial charge in [-0.25, -0.2) is 0 Å². The van der Waals surface area contributed by atoms with Crippen LogP contribution in [0, 0.1) is 31.1 Å². The molecule has 1 aromatic carbocycles. The summed E-state index contributed by atoms with van der Waals surface area (Å²) in [5, 5.41) is 3.64. The summed E-state index contributed by atoms with van der Waals surface area (Å²) in [6.45, 7) is 18.2. The van der Waals surface area contributed by atoms with Crippen molar-refractivity contribution in [1.82, 2.24) is 5.32 Å². The Balaban J connectivity index is 2.74. The van der Waals surface area contributed by atoms with Crippen LogP contribution < -0.4 is 5.32 Å². The minimum Gasteiger partial charge on any atom is -0.316 e. The summed E-state index contributed by atoms with van der Waals surface area (Å²) >= 11 is 0. The van der Waals surface area contributed by atoms with Gasteiger partial charge < -0.3 is 5.32 Å². The van der Waals surface area contributed by atoms with Gasteiger partial charge in [0.25, 0.3) is 0 Å². The molecular weight excluding hydrogens is 242 g/mol. The van der Waals surface area contributed by atoms with E-state index < -0.39 is 0 Å². The molecule has 0 radical (unpaired) electrons. The van der Waals surface area contributed by atoms with Crippen molar-refractivity contribution >= 4 is 0 Å². The van der Waals surface area contributed by atoms with E-state index in [9.17, 15) is 0 Å². The Labute approximate surface area is 126 Å². The van der Waals surface area contributed by atoms with Gasteiger partial charge in [-0.3, -0.25) is 0 Å². The molecule has 0 aliphatic rings. The molecule has 20 heavy (non-hydrogen) atoms. The van der Waals surface area contributed by atoms with Crippen LogP contribution in [0.3, 0.4) is 0 Å². The van der Waals surface area contributed by atoms with Crippen molar-refractivity contribution in [3.05, 3.63) is 34.9 Å². The van der Waals surface area contributed by atoms with Crippen LogP contribution in [0.5, 0.6) is 0 Å². The van der Waals surface area contributed by atoms with Crippen molar-refractivity contribution in [3.63, 3.8) is 0 Å². The van der Waals surface area contributed by atoms with Crippen molar-refractivity contribution in [2.75, 3.05) is 13.1 Å². The second-order valence-corrected chi connectivity index (χ2v) is 7.82. The Morgan fingerprint density at radius 1 is 0.950 bits per heavy atom. The minimum absolute atomic E-state index is 0.335. The molecule has 1 nitrogen and oxygen atoms in total. The first kappa shape index (κ1) is 17.2. The Hall–Kier alpha value is -0.820. The molecule has 1 rings (SSSR count). The number of aryl methyl sites for hydroxylation is 2. The summed E-state index contributed by atoms with van der Waals surface area (Å²) < 4.78 is 0. The molecule has 1 unspecified atom stereocenters. The summed E-state index contributed by atoms with van der Waals surface area (Å²) in [6, 6.07) is 6.94. The zero-order valence-corrected chi connectivity index (χ0v) is 14.5. The van der Waals surface area contributed by atoms with Gasteiger partial charge in [-0.05, 0) is 56.2 Å². The standard InChI is InChI=1S/C19H33N/c1-14(2)12-20-13-18(19(5,6)7)11-17-9-15(3)8-16(4)10-17/h8-10,14,18,20H,11-13H2,1-7H3. The average molecular weight is 275 g/mol. The molecule has 0 saturated heterocycles. The maximum Gasteiger partial charge on any atom is -0.00122 e. The first-order valence-electron chi connectivity index (χ1n) is 7.96.